The third kappa shape index (κ3) is 5.36. The number of aliphatic hydroxyl groups is 3. The van der Waals surface area contributed by atoms with E-state index in [0.717, 1.165) is 36.3 Å². The van der Waals surface area contributed by atoms with E-state index in [1.165, 1.54) is 32.1 Å². The van der Waals surface area contributed by atoms with E-state index < -0.39 is 17.8 Å². The van der Waals surface area contributed by atoms with Crippen molar-refractivity contribution in [3.8, 4) is 0 Å². The van der Waals surface area contributed by atoms with Crippen LogP contribution in [0.5, 0.6) is 0 Å². The molecule has 0 radical (unpaired) electrons. The van der Waals surface area contributed by atoms with Crippen molar-refractivity contribution in [1.29, 1.82) is 0 Å². The van der Waals surface area contributed by atoms with Gasteiger partial charge < -0.3 is 15.3 Å². The van der Waals surface area contributed by atoms with Gasteiger partial charge in [0, 0.05) is 6.42 Å². The lowest BCUT2D eigenvalue weighted by Crippen LogP contribution is -2.41. The van der Waals surface area contributed by atoms with Crippen LogP contribution in [0.3, 0.4) is 0 Å². The van der Waals surface area contributed by atoms with Crippen LogP contribution in [0.2, 0.25) is 0 Å². The summed E-state index contributed by atoms with van der Waals surface area (Å²) < 4.78 is 0. The molecule has 3 nitrogen and oxygen atoms in total. The second-order valence-corrected chi connectivity index (χ2v) is 12.7. The fourth-order valence-electron chi connectivity index (χ4n) is 7.34. The lowest BCUT2D eigenvalue weighted by molar-refractivity contribution is -0.0576. The zero-order valence-corrected chi connectivity index (χ0v) is 22.2. The minimum atomic E-state index is -0.651. The van der Waals surface area contributed by atoms with E-state index >= 15 is 0 Å². The van der Waals surface area contributed by atoms with E-state index in [2.05, 4.69) is 46.4 Å². The van der Waals surface area contributed by atoms with Gasteiger partial charge in [0.2, 0.25) is 0 Å². The van der Waals surface area contributed by atoms with Crippen molar-refractivity contribution < 1.29 is 15.3 Å². The molecule has 7 atom stereocenters. The van der Waals surface area contributed by atoms with Gasteiger partial charge in [0.1, 0.15) is 0 Å². The largest absolute Gasteiger partial charge is 0.393 e. The predicted octanol–water partition coefficient (Wildman–Crippen LogP) is 6.73. The Labute approximate surface area is 203 Å². The first-order valence-electron chi connectivity index (χ1n) is 13.5. The number of fused-ring (bicyclic) bond motifs is 1. The van der Waals surface area contributed by atoms with Gasteiger partial charge in [-0.25, -0.2) is 0 Å². The van der Waals surface area contributed by atoms with Gasteiger partial charge in [-0.15, -0.1) is 0 Å². The summed E-state index contributed by atoms with van der Waals surface area (Å²) in [5.41, 5.74) is 3.00. The van der Waals surface area contributed by atoms with Crippen molar-refractivity contribution in [2.24, 2.45) is 28.6 Å². The molecular weight excluding hydrogens is 408 g/mol. The lowest BCUT2D eigenvalue weighted by atomic mass is 9.60. The van der Waals surface area contributed by atoms with Crippen LogP contribution in [0, 0.1) is 28.6 Å². The number of aliphatic hydroxyl groups excluding tert-OH is 2. The van der Waals surface area contributed by atoms with Crippen LogP contribution in [0.15, 0.2) is 35.5 Å². The molecule has 3 rings (SSSR count). The summed E-state index contributed by atoms with van der Waals surface area (Å²) >= 11 is 0. The molecule has 0 unspecified atom stereocenters. The summed E-state index contributed by atoms with van der Waals surface area (Å²) in [5, 5.41) is 31.0. The van der Waals surface area contributed by atoms with E-state index in [-0.39, 0.29) is 5.41 Å². The molecule has 188 valence electrons. The van der Waals surface area contributed by atoms with E-state index in [0.29, 0.717) is 30.1 Å². The van der Waals surface area contributed by atoms with Crippen LogP contribution >= 0.6 is 0 Å². The molecule has 0 aromatic carbocycles. The number of rotatable bonds is 7. The molecule has 3 saturated carbocycles. The SMILES string of the molecule is C=C1/C(=C\C=C2/CCC[C@]3(C)[C@@H]([C@H](C)CC[C@](C)(CC)C(C)(C)O)CC[C@@H]23)C[C@@H](O)C[C@@H]1O. The molecular formula is C30H50O3. The highest BCUT2D eigenvalue weighted by Gasteiger charge is 2.51. The minimum Gasteiger partial charge on any atom is -0.393 e. The molecule has 3 fully saturated rings. The number of hydrogen-bond donors (Lipinski definition) is 3. The van der Waals surface area contributed by atoms with Gasteiger partial charge in [-0.2, -0.15) is 0 Å². The third-order valence-electron chi connectivity index (χ3n) is 10.4. The molecule has 3 aliphatic rings. The highest BCUT2D eigenvalue weighted by molar-refractivity contribution is 5.38. The Morgan fingerprint density at radius 1 is 1.18 bits per heavy atom. The van der Waals surface area contributed by atoms with Crippen molar-refractivity contribution in [2.45, 2.75) is 124 Å². The van der Waals surface area contributed by atoms with E-state index in [1.807, 2.05) is 13.8 Å². The summed E-state index contributed by atoms with van der Waals surface area (Å²) in [5.74, 6) is 2.03. The van der Waals surface area contributed by atoms with Gasteiger partial charge >= 0.3 is 0 Å². The zero-order valence-electron chi connectivity index (χ0n) is 22.2. The van der Waals surface area contributed by atoms with Gasteiger partial charge in [0.05, 0.1) is 17.8 Å². The van der Waals surface area contributed by atoms with Gasteiger partial charge in [0.25, 0.3) is 0 Å². The molecule has 33 heavy (non-hydrogen) atoms. The van der Waals surface area contributed by atoms with Crippen LogP contribution < -0.4 is 0 Å². The molecule has 0 bridgehead atoms. The highest BCUT2D eigenvalue weighted by atomic mass is 16.3. The Balaban J connectivity index is 1.73. The lowest BCUT2D eigenvalue weighted by Gasteiger charge is -2.46. The average molecular weight is 459 g/mol. The third-order valence-corrected chi connectivity index (χ3v) is 10.4. The van der Waals surface area contributed by atoms with Gasteiger partial charge in [0.15, 0.2) is 0 Å². The molecule has 0 aromatic rings. The summed E-state index contributed by atoms with van der Waals surface area (Å²) in [6.45, 7) is 17.5. The topological polar surface area (TPSA) is 60.7 Å². The number of hydrogen-bond acceptors (Lipinski definition) is 3. The Hall–Kier alpha value is -0.900. The van der Waals surface area contributed by atoms with Crippen molar-refractivity contribution in [1.82, 2.24) is 0 Å². The molecule has 3 heteroatoms. The first kappa shape index (κ1) is 26.7. The Bertz CT molecular complexity index is 772. The van der Waals surface area contributed by atoms with Crippen LogP contribution in [0.4, 0.5) is 0 Å². The van der Waals surface area contributed by atoms with Crippen LogP contribution in [0.25, 0.3) is 0 Å². The van der Waals surface area contributed by atoms with Crippen LogP contribution in [0.1, 0.15) is 106 Å². The van der Waals surface area contributed by atoms with Gasteiger partial charge in [-0.1, -0.05) is 52.0 Å². The second-order valence-electron chi connectivity index (χ2n) is 12.7. The number of allylic oxidation sites excluding steroid dienone is 3. The standard InChI is InChI=1S/C30H50O3/c1-8-29(6,28(4,5)33)17-15-20(2)25-13-14-26-22(10-9-16-30(25,26)7)11-12-23-18-24(31)19-27(32)21(23)3/h11-12,20,24-27,31-33H,3,8-10,13-19H2,1-2,4-7H3/b22-11+,23-12-/t20-,24-,25-,26+,27+,29+,30-/m1/s1. The first-order valence-corrected chi connectivity index (χ1v) is 13.5. The maximum Gasteiger partial charge on any atom is 0.0811 e. The van der Waals surface area contributed by atoms with Gasteiger partial charge in [-0.05, 0) is 111 Å². The molecule has 0 aliphatic heterocycles. The van der Waals surface area contributed by atoms with E-state index in [9.17, 15) is 15.3 Å². The van der Waals surface area contributed by atoms with E-state index in [1.54, 1.807) is 5.57 Å². The Kier molecular flexibility index (Phi) is 8.09. The maximum absolute atomic E-state index is 10.8. The average Bonchev–Trinajstić information content (AvgIpc) is 3.10. The highest BCUT2D eigenvalue weighted by Crippen LogP contribution is 2.60. The fourth-order valence-corrected chi connectivity index (χ4v) is 7.34. The fraction of sp³-hybridized carbons (Fsp3) is 0.800. The molecule has 3 N–H and O–H groups in total. The molecule has 0 heterocycles. The van der Waals surface area contributed by atoms with Crippen molar-refractivity contribution in [2.75, 3.05) is 0 Å². The van der Waals surface area contributed by atoms with Gasteiger partial charge in [-0.3, -0.25) is 0 Å². The van der Waals surface area contributed by atoms with E-state index in [4.69, 9.17) is 0 Å². The monoisotopic (exact) mass is 458 g/mol. The molecule has 3 aliphatic carbocycles. The van der Waals surface area contributed by atoms with Crippen LogP contribution in [-0.4, -0.2) is 33.1 Å². The van der Waals surface area contributed by atoms with Crippen molar-refractivity contribution >= 4 is 0 Å². The normalized spacial score (nSPS) is 38.4. The van der Waals surface area contributed by atoms with Crippen LogP contribution in [-0.2, 0) is 0 Å². The molecule has 0 amide bonds. The summed E-state index contributed by atoms with van der Waals surface area (Å²) in [6, 6.07) is 0. The Morgan fingerprint density at radius 2 is 1.88 bits per heavy atom. The maximum atomic E-state index is 10.8. The first-order chi connectivity index (χ1) is 15.3. The summed E-state index contributed by atoms with van der Waals surface area (Å²) in [7, 11) is 0. The quantitative estimate of drug-likeness (QED) is 0.396. The molecule has 0 aromatic heterocycles. The predicted molar refractivity (Wildman–Crippen MR) is 138 cm³/mol. The second kappa shape index (κ2) is 9.99. The van der Waals surface area contributed by atoms with Crippen molar-refractivity contribution in [3.63, 3.8) is 0 Å². The summed E-state index contributed by atoms with van der Waals surface area (Å²) in [4.78, 5) is 0. The molecule has 0 spiro atoms. The summed E-state index contributed by atoms with van der Waals surface area (Å²) in [6.07, 6.45) is 13.9. The minimum absolute atomic E-state index is 0.0402. The molecule has 0 saturated heterocycles. The Morgan fingerprint density at radius 3 is 2.52 bits per heavy atom. The smallest absolute Gasteiger partial charge is 0.0811 e. The zero-order chi connectivity index (χ0) is 24.6. The van der Waals surface area contributed by atoms with Crippen molar-refractivity contribution in [3.05, 3.63) is 35.5 Å².